The van der Waals surface area contributed by atoms with Crippen molar-refractivity contribution in [2.75, 3.05) is 7.11 Å². The van der Waals surface area contributed by atoms with Gasteiger partial charge in [-0.15, -0.1) is 5.10 Å². The number of benzene rings is 4. The number of rotatable bonds is 6. The van der Waals surface area contributed by atoms with Crippen molar-refractivity contribution >= 4 is 28.2 Å². The lowest BCUT2D eigenvalue weighted by atomic mass is 9.84. The monoisotopic (exact) mass is 614 g/mol. The molecule has 0 spiro atoms. The maximum atomic E-state index is 13.7. The zero-order chi connectivity index (χ0) is 30.5. The number of hydrogen-bond donors (Lipinski definition) is 0. The van der Waals surface area contributed by atoms with Gasteiger partial charge in [0.2, 0.25) is 5.88 Å². The van der Waals surface area contributed by atoms with E-state index in [0.717, 1.165) is 11.1 Å². The SMILES string of the molecule is COc1ccc(Cl)cc1-c1nc2c3c(ncn2n1)Oc1c(c(=O)oc2ccccc12)C3c1ccc(OCc2ccccc2)cc1. The molecule has 0 radical (unpaired) electrons. The number of para-hydroxylation sites is 1. The molecule has 0 N–H and O–H groups in total. The summed E-state index contributed by atoms with van der Waals surface area (Å²) in [7, 11) is 1.57. The highest BCUT2D eigenvalue weighted by atomic mass is 35.5. The highest BCUT2D eigenvalue weighted by Crippen LogP contribution is 2.49. The maximum absolute atomic E-state index is 13.7. The minimum Gasteiger partial charge on any atom is -0.496 e. The van der Waals surface area contributed by atoms with Crippen LogP contribution in [0.2, 0.25) is 5.02 Å². The average Bonchev–Trinajstić information content (AvgIpc) is 3.52. The molecule has 1 aliphatic heterocycles. The molecule has 4 aromatic carbocycles. The van der Waals surface area contributed by atoms with Crippen LogP contribution in [0.25, 0.3) is 28.0 Å². The molecule has 0 fully saturated rings. The van der Waals surface area contributed by atoms with E-state index in [0.29, 0.717) is 73.9 Å². The number of nitrogens with zero attached hydrogens (tertiary/aromatic N) is 4. The Morgan fingerprint density at radius 1 is 0.933 bits per heavy atom. The van der Waals surface area contributed by atoms with E-state index in [4.69, 9.17) is 40.3 Å². The third-order valence-corrected chi connectivity index (χ3v) is 8.06. The zero-order valence-corrected chi connectivity index (χ0v) is 24.6. The number of aromatic nitrogens is 4. The fourth-order valence-corrected chi connectivity index (χ4v) is 5.90. The molecule has 0 saturated heterocycles. The molecule has 7 aromatic rings. The summed E-state index contributed by atoms with van der Waals surface area (Å²) in [6, 6.07) is 30.1. The third-order valence-electron chi connectivity index (χ3n) is 7.83. The fraction of sp³-hybridized carbons (Fsp3) is 0.0857. The van der Waals surface area contributed by atoms with Gasteiger partial charge in [0.15, 0.2) is 17.2 Å². The standard InChI is InChI=1S/C35H23ClN4O5/c1-42-26-16-13-22(36)17-25(26)32-38-33-30-28(21-11-14-23(15-12-21)43-18-20-7-3-2-4-8-20)29-31(45-34(30)37-19-40(33)39-32)24-9-5-6-10-27(24)44-35(29)41/h2-17,19,28H,18H2,1H3. The van der Waals surface area contributed by atoms with E-state index in [1.165, 1.54) is 6.33 Å². The van der Waals surface area contributed by atoms with Crippen molar-refractivity contribution in [3.63, 3.8) is 0 Å². The highest BCUT2D eigenvalue weighted by Gasteiger charge is 2.37. The van der Waals surface area contributed by atoms with E-state index in [1.807, 2.05) is 72.8 Å². The van der Waals surface area contributed by atoms with Crippen LogP contribution in [0.5, 0.6) is 23.1 Å². The summed E-state index contributed by atoms with van der Waals surface area (Å²) in [5.74, 6) is 1.71. The largest absolute Gasteiger partial charge is 0.496 e. The van der Waals surface area contributed by atoms with Crippen LogP contribution >= 0.6 is 11.6 Å². The Labute approximate surface area is 261 Å². The normalized spacial score (nSPS) is 13.7. The molecule has 1 unspecified atom stereocenters. The Kier molecular flexibility index (Phi) is 6.46. The summed E-state index contributed by atoms with van der Waals surface area (Å²) in [5, 5.41) is 5.87. The average molecular weight is 615 g/mol. The smallest absolute Gasteiger partial charge is 0.344 e. The van der Waals surface area contributed by atoms with Crippen LogP contribution in [0.3, 0.4) is 0 Å². The van der Waals surface area contributed by atoms with Crippen LogP contribution in [-0.4, -0.2) is 26.7 Å². The Balaban J connectivity index is 1.30. The summed E-state index contributed by atoms with van der Waals surface area (Å²) in [6.45, 7) is 0.429. The third kappa shape index (κ3) is 4.65. The van der Waals surface area contributed by atoms with Gasteiger partial charge in [0.25, 0.3) is 0 Å². The molecule has 9 nitrogen and oxygen atoms in total. The fourth-order valence-electron chi connectivity index (χ4n) is 5.73. The zero-order valence-electron chi connectivity index (χ0n) is 23.8. The quantitative estimate of drug-likeness (QED) is 0.178. The molecule has 0 amide bonds. The van der Waals surface area contributed by atoms with E-state index in [2.05, 4.69) is 4.98 Å². The number of ether oxygens (including phenoxy) is 3. The van der Waals surface area contributed by atoms with Gasteiger partial charge in [0, 0.05) is 5.02 Å². The van der Waals surface area contributed by atoms with E-state index in [1.54, 1.807) is 35.9 Å². The second kappa shape index (κ2) is 10.8. The molecular weight excluding hydrogens is 592 g/mol. The summed E-state index contributed by atoms with van der Waals surface area (Å²) >= 11 is 6.33. The number of halogens is 1. The molecule has 8 rings (SSSR count). The molecule has 4 heterocycles. The molecule has 45 heavy (non-hydrogen) atoms. The Morgan fingerprint density at radius 2 is 1.73 bits per heavy atom. The van der Waals surface area contributed by atoms with Gasteiger partial charge in [-0.25, -0.2) is 19.3 Å². The van der Waals surface area contributed by atoms with E-state index in [9.17, 15) is 4.79 Å². The molecule has 1 aliphatic rings. The maximum Gasteiger partial charge on any atom is 0.344 e. The Morgan fingerprint density at radius 3 is 2.56 bits per heavy atom. The minimum atomic E-state index is -0.637. The summed E-state index contributed by atoms with van der Waals surface area (Å²) in [6.07, 6.45) is 1.54. The topological polar surface area (TPSA) is 101 Å². The summed E-state index contributed by atoms with van der Waals surface area (Å²) < 4.78 is 25.4. The van der Waals surface area contributed by atoms with E-state index < -0.39 is 11.5 Å². The molecule has 0 saturated carbocycles. The van der Waals surface area contributed by atoms with Crippen LogP contribution in [0.15, 0.2) is 113 Å². The molecule has 220 valence electrons. The van der Waals surface area contributed by atoms with Crippen LogP contribution < -0.4 is 19.8 Å². The van der Waals surface area contributed by atoms with Gasteiger partial charge in [-0.3, -0.25) is 0 Å². The van der Waals surface area contributed by atoms with Gasteiger partial charge < -0.3 is 18.6 Å². The van der Waals surface area contributed by atoms with Gasteiger partial charge >= 0.3 is 5.63 Å². The summed E-state index contributed by atoms with van der Waals surface area (Å²) in [5.41, 5.74) is 3.77. The van der Waals surface area contributed by atoms with Crippen molar-refractivity contribution in [3.8, 4) is 34.5 Å². The second-order valence-corrected chi connectivity index (χ2v) is 11.0. The lowest BCUT2D eigenvalue weighted by molar-refractivity contribution is 0.306. The van der Waals surface area contributed by atoms with Crippen molar-refractivity contribution in [3.05, 3.63) is 141 Å². The number of fused-ring (bicyclic) bond motifs is 6. The Hall–Kier alpha value is -5.67. The van der Waals surface area contributed by atoms with Crippen molar-refractivity contribution in [1.29, 1.82) is 0 Å². The van der Waals surface area contributed by atoms with Crippen LogP contribution in [0.4, 0.5) is 0 Å². The first-order chi connectivity index (χ1) is 22.1. The molecule has 0 bridgehead atoms. The molecule has 3 aromatic heterocycles. The van der Waals surface area contributed by atoms with Gasteiger partial charge in [0.1, 0.15) is 30.0 Å². The van der Waals surface area contributed by atoms with Gasteiger partial charge in [-0.05, 0) is 53.6 Å². The van der Waals surface area contributed by atoms with E-state index in [-0.39, 0.29) is 0 Å². The lowest BCUT2D eigenvalue weighted by Gasteiger charge is -2.27. The molecule has 1 atom stereocenters. The van der Waals surface area contributed by atoms with E-state index >= 15 is 0 Å². The van der Waals surface area contributed by atoms with Crippen LogP contribution in [0, 0.1) is 0 Å². The van der Waals surface area contributed by atoms with Gasteiger partial charge in [0.05, 0.1) is 35.1 Å². The molecule has 10 heteroatoms. The lowest BCUT2D eigenvalue weighted by Crippen LogP contribution is -2.22. The Bertz CT molecular complexity index is 2280. The van der Waals surface area contributed by atoms with Crippen molar-refractivity contribution < 1.29 is 18.6 Å². The second-order valence-electron chi connectivity index (χ2n) is 10.5. The molecular formula is C35H23ClN4O5. The molecule has 0 aliphatic carbocycles. The van der Waals surface area contributed by atoms with Crippen molar-refractivity contribution in [2.24, 2.45) is 0 Å². The summed E-state index contributed by atoms with van der Waals surface area (Å²) in [4.78, 5) is 23.2. The number of methoxy groups -OCH3 is 1. The van der Waals surface area contributed by atoms with Gasteiger partial charge in [-0.1, -0.05) is 66.2 Å². The number of hydrogen-bond acceptors (Lipinski definition) is 8. The minimum absolute atomic E-state index is 0.317. The first kappa shape index (κ1) is 26.9. The highest BCUT2D eigenvalue weighted by molar-refractivity contribution is 6.30. The van der Waals surface area contributed by atoms with Crippen molar-refractivity contribution in [1.82, 2.24) is 19.6 Å². The first-order valence-electron chi connectivity index (χ1n) is 14.2. The predicted octanol–water partition coefficient (Wildman–Crippen LogP) is 7.42. The van der Waals surface area contributed by atoms with Crippen LogP contribution in [0.1, 0.15) is 28.2 Å². The van der Waals surface area contributed by atoms with Crippen LogP contribution in [-0.2, 0) is 6.61 Å². The first-order valence-corrected chi connectivity index (χ1v) is 14.5. The predicted molar refractivity (Wildman–Crippen MR) is 168 cm³/mol. The van der Waals surface area contributed by atoms with Crippen molar-refractivity contribution in [2.45, 2.75) is 12.5 Å². The van der Waals surface area contributed by atoms with Gasteiger partial charge in [-0.2, -0.15) is 0 Å².